The number of imidazole rings is 1. The van der Waals surface area contributed by atoms with Crippen LogP contribution in [0.3, 0.4) is 0 Å². The minimum absolute atomic E-state index is 0.549. The molecule has 2 heterocycles. The maximum atomic E-state index is 5.88. The Balaban J connectivity index is 2.16. The molecule has 0 saturated heterocycles. The average molecular weight is 327 g/mol. The van der Waals surface area contributed by atoms with Gasteiger partial charge in [-0.2, -0.15) is 0 Å². The highest BCUT2D eigenvalue weighted by Crippen LogP contribution is 2.32. The third-order valence-corrected chi connectivity index (χ3v) is 5.43. The average Bonchev–Trinajstić information content (AvgIpc) is 3.03. The number of nitrogens with two attached hydrogens (primary N) is 1. The second-order valence-corrected chi connectivity index (χ2v) is 7.48. The summed E-state index contributed by atoms with van der Waals surface area (Å²) in [7, 11) is 0. The molecule has 0 spiro atoms. The van der Waals surface area contributed by atoms with Gasteiger partial charge in [0.2, 0.25) is 0 Å². The first kappa shape index (κ1) is 16.2. The fraction of sp³-hybridized carbons (Fsp3) is 0.421. The van der Waals surface area contributed by atoms with Gasteiger partial charge in [-0.3, -0.25) is 4.40 Å². The van der Waals surface area contributed by atoms with Gasteiger partial charge in [0.15, 0.2) is 4.96 Å². The SMILES string of the molecule is CCc1c(C)sc2nc(-c3ccc(C(C)C)cc3)c(CCN)n12. The molecule has 0 saturated carbocycles. The smallest absolute Gasteiger partial charge is 0.194 e. The Morgan fingerprint density at radius 3 is 2.43 bits per heavy atom. The van der Waals surface area contributed by atoms with Crippen molar-refractivity contribution < 1.29 is 0 Å². The number of hydrogen-bond acceptors (Lipinski definition) is 3. The summed E-state index contributed by atoms with van der Waals surface area (Å²) in [5.41, 5.74) is 12.1. The van der Waals surface area contributed by atoms with Gasteiger partial charge in [-0.25, -0.2) is 4.98 Å². The summed E-state index contributed by atoms with van der Waals surface area (Å²) < 4.78 is 2.33. The van der Waals surface area contributed by atoms with Crippen LogP contribution in [-0.4, -0.2) is 15.9 Å². The van der Waals surface area contributed by atoms with Gasteiger partial charge in [0.25, 0.3) is 0 Å². The Hall–Kier alpha value is -1.65. The number of aromatic nitrogens is 2. The summed E-state index contributed by atoms with van der Waals surface area (Å²) in [6, 6.07) is 8.82. The molecule has 2 N–H and O–H groups in total. The van der Waals surface area contributed by atoms with Crippen LogP contribution < -0.4 is 5.73 Å². The zero-order chi connectivity index (χ0) is 16.6. The van der Waals surface area contributed by atoms with Crippen molar-refractivity contribution in [3.8, 4) is 11.3 Å². The highest BCUT2D eigenvalue weighted by molar-refractivity contribution is 7.17. The Kier molecular flexibility index (Phi) is 4.55. The van der Waals surface area contributed by atoms with E-state index in [0.29, 0.717) is 12.5 Å². The van der Waals surface area contributed by atoms with Gasteiger partial charge in [0, 0.05) is 22.6 Å². The standard InChI is InChI=1S/C19H25N3S/c1-5-16-13(4)23-19-21-18(17(10-11-20)22(16)19)15-8-6-14(7-9-15)12(2)3/h6-9,12H,5,10-11,20H2,1-4H3. The van der Waals surface area contributed by atoms with E-state index in [0.717, 1.165) is 23.5 Å². The summed E-state index contributed by atoms with van der Waals surface area (Å²) in [5, 5.41) is 0. The molecule has 122 valence electrons. The van der Waals surface area contributed by atoms with E-state index in [1.165, 1.54) is 27.4 Å². The van der Waals surface area contributed by atoms with Crippen LogP contribution in [0.25, 0.3) is 16.2 Å². The lowest BCUT2D eigenvalue weighted by Crippen LogP contribution is -2.07. The van der Waals surface area contributed by atoms with E-state index in [4.69, 9.17) is 10.7 Å². The molecule has 0 unspecified atom stereocenters. The summed E-state index contributed by atoms with van der Waals surface area (Å²) in [6.45, 7) is 9.47. The van der Waals surface area contributed by atoms with Crippen molar-refractivity contribution in [2.24, 2.45) is 5.73 Å². The molecule has 2 aromatic heterocycles. The lowest BCUT2D eigenvalue weighted by Gasteiger charge is -2.08. The molecule has 3 rings (SSSR count). The molecule has 0 fully saturated rings. The minimum Gasteiger partial charge on any atom is -0.330 e. The van der Waals surface area contributed by atoms with Crippen molar-refractivity contribution in [3.63, 3.8) is 0 Å². The number of aryl methyl sites for hydroxylation is 2. The van der Waals surface area contributed by atoms with Crippen molar-refractivity contribution in [2.75, 3.05) is 6.54 Å². The van der Waals surface area contributed by atoms with E-state index in [1.807, 2.05) is 0 Å². The van der Waals surface area contributed by atoms with Gasteiger partial charge in [-0.05, 0) is 31.4 Å². The third kappa shape index (κ3) is 2.81. The first-order valence-electron chi connectivity index (χ1n) is 8.36. The zero-order valence-electron chi connectivity index (χ0n) is 14.4. The fourth-order valence-corrected chi connectivity index (χ4v) is 4.24. The van der Waals surface area contributed by atoms with Crippen LogP contribution in [0.2, 0.25) is 0 Å². The van der Waals surface area contributed by atoms with E-state index in [-0.39, 0.29) is 0 Å². The van der Waals surface area contributed by atoms with E-state index >= 15 is 0 Å². The van der Waals surface area contributed by atoms with Gasteiger partial charge in [-0.15, -0.1) is 11.3 Å². The van der Waals surface area contributed by atoms with Crippen LogP contribution in [0.4, 0.5) is 0 Å². The predicted octanol–water partition coefficient (Wildman–Crippen LogP) is 4.56. The lowest BCUT2D eigenvalue weighted by molar-refractivity contribution is 0.866. The van der Waals surface area contributed by atoms with E-state index < -0.39 is 0 Å². The van der Waals surface area contributed by atoms with Crippen molar-refractivity contribution in [2.45, 2.75) is 46.5 Å². The molecule has 4 heteroatoms. The highest BCUT2D eigenvalue weighted by Gasteiger charge is 2.19. The molecular weight excluding hydrogens is 302 g/mol. The number of fused-ring (bicyclic) bond motifs is 1. The summed E-state index contributed by atoms with van der Waals surface area (Å²) >= 11 is 1.78. The number of thiazole rings is 1. The molecular formula is C19H25N3S. The van der Waals surface area contributed by atoms with Crippen LogP contribution in [0.15, 0.2) is 24.3 Å². The summed E-state index contributed by atoms with van der Waals surface area (Å²) in [4.78, 5) is 7.38. The van der Waals surface area contributed by atoms with Gasteiger partial charge >= 0.3 is 0 Å². The maximum Gasteiger partial charge on any atom is 0.194 e. The fourth-order valence-electron chi connectivity index (χ4n) is 3.16. The first-order valence-corrected chi connectivity index (χ1v) is 9.18. The van der Waals surface area contributed by atoms with Crippen molar-refractivity contribution in [1.82, 2.24) is 9.38 Å². The largest absolute Gasteiger partial charge is 0.330 e. The Morgan fingerprint density at radius 2 is 1.87 bits per heavy atom. The van der Waals surface area contributed by atoms with Crippen molar-refractivity contribution in [1.29, 1.82) is 0 Å². The Bertz CT molecular complexity index is 809. The van der Waals surface area contributed by atoms with Gasteiger partial charge in [0.1, 0.15) is 0 Å². The quantitative estimate of drug-likeness (QED) is 0.746. The van der Waals surface area contributed by atoms with Gasteiger partial charge < -0.3 is 5.73 Å². The lowest BCUT2D eigenvalue weighted by atomic mass is 10.00. The Labute approximate surface area is 142 Å². The first-order chi connectivity index (χ1) is 11.1. The highest BCUT2D eigenvalue weighted by atomic mass is 32.1. The molecule has 0 amide bonds. The molecule has 0 radical (unpaired) electrons. The molecule has 0 aliphatic rings. The van der Waals surface area contributed by atoms with Gasteiger partial charge in [0.05, 0.1) is 11.4 Å². The third-order valence-electron chi connectivity index (χ3n) is 4.43. The molecule has 1 aromatic carbocycles. The zero-order valence-corrected chi connectivity index (χ0v) is 15.2. The normalized spacial score (nSPS) is 11.7. The minimum atomic E-state index is 0.549. The molecule has 0 atom stereocenters. The van der Waals surface area contributed by atoms with Crippen LogP contribution in [-0.2, 0) is 12.8 Å². The maximum absolute atomic E-state index is 5.88. The monoisotopic (exact) mass is 327 g/mol. The van der Waals surface area contributed by atoms with E-state index in [2.05, 4.69) is 56.4 Å². The number of benzene rings is 1. The number of hydrogen-bond donors (Lipinski definition) is 1. The van der Waals surface area contributed by atoms with Crippen molar-refractivity contribution in [3.05, 3.63) is 46.1 Å². The molecule has 3 nitrogen and oxygen atoms in total. The van der Waals surface area contributed by atoms with Gasteiger partial charge in [-0.1, -0.05) is 45.0 Å². The molecule has 0 bridgehead atoms. The topological polar surface area (TPSA) is 43.3 Å². The van der Waals surface area contributed by atoms with E-state index in [1.54, 1.807) is 11.3 Å². The molecule has 23 heavy (non-hydrogen) atoms. The summed E-state index contributed by atoms with van der Waals surface area (Å²) in [6.07, 6.45) is 1.87. The van der Waals surface area contributed by atoms with Crippen LogP contribution >= 0.6 is 11.3 Å². The predicted molar refractivity (Wildman–Crippen MR) is 99.5 cm³/mol. The molecule has 3 aromatic rings. The second-order valence-electron chi connectivity index (χ2n) is 6.30. The Morgan fingerprint density at radius 1 is 1.17 bits per heavy atom. The summed E-state index contributed by atoms with van der Waals surface area (Å²) in [5.74, 6) is 0.549. The number of nitrogens with zero attached hydrogens (tertiary/aromatic N) is 2. The molecule has 0 aliphatic heterocycles. The number of rotatable bonds is 5. The van der Waals surface area contributed by atoms with Crippen molar-refractivity contribution >= 4 is 16.3 Å². The van der Waals surface area contributed by atoms with Crippen LogP contribution in [0.5, 0.6) is 0 Å². The van der Waals surface area contributed by atoms with Crippen LogP contribution in [0, 0.1) is 6.92 Å². The molecule has 0 aliphatic carbocycles. The second kappa shape index (κ2) is 6.46. The van der Waals surface area contributed by atoms with Crippen LogP contribution in [0.1, 0.15) is 48.5 Å². The van der Waals surface area contributed by atoms with E-state index in [9.17, 15) is 0 Å².